The van der Waals surface area contributed by atoms with Crippen LogP contribution in [0.3, 0.4) is 0 Å². The number of anilines is 1. The van der Waals surface area contributed by atoms with Crippen molar-refractivity contribution in [3.05, 3.63) is 88.9 Å². The van der Waals surface area contributed by atoms with E-state index in [0.717, 1.165) is 45.5 Å². The topological polar surface area (TPSA) is 56.6 Å². The first-order valence-corrected chi connectivity index (χ1v) is 11.6. The largest absolute Gasteiger partial charge is 0.493 e. The van der Waals surface area contributed by atoms with Gasteiger partial charge in [-0.2, -0.15) is 0 Å². The molecule has 5 rings (SSSR count). The zero-order valence-corrected chi connectivity index (χ0v) is 20.3. The van der Waals surface area contributed by atoms with E-state index >= 15 is 0 Å². The smallest absolute Gasteiger partial charge is 0.340 e. The first kappa shape index (κ1) is 22.0. The minimum absolute atomic E-state index is 0.357. The van der Waals surface area contributed by atoms with E-state index in [4.69, 9.17) is 9.47 Å². The first-order chi connectivity index (χ1) is 16.4. The number of esters is 1. The number of pyridine rings is 1. The Morgan fingerprint density at radius 3 is 2.62 bits per heavy atom. The van der Waals surface area contributed by atoms with Crippen LogP contribution in [0.4, 0.5) is 5.69 Å². The molecule has 0 N–H and O–H groups in total. The van der Waals surface area contributed by atoms with Crippen LogP contribution in [0.15, 0.2) is 60.9 Å². The van der Waals surface area contributed by atoms with Crippen LogP contribution in [0.5, 0.6) is 5.75 Å². The Balaban J connectivity index is 1.94. The van der Waals surface area contributed by atoms with Gasteiger partial charge >= 0.3 is 5.97 Å². The van der Waals surface area contributed by atoms with Crippen molar-refractivity contribution in [3.8, 4) is 5.75 Å². The Morgan fingerprint density at radius 2 is 1.88 bits per heavy atom. The van der Waals surface area contributed by atoms with Crippen LogP contribution in [-0.4, -0.2) is 36.2 Å². The SMILES string of the molecule is CCOc1cc(N(C)C)ccc1C1(c2c(C)n(CC)c3ccccc23)OC(=O)c2ccncc21. The number of nitrogens with zero attached hydrogens (tertiary/aromatic N) is 3. The molecule has 1 atom stereocenters. The van der Waals surface area contributed by atoms with Gasteiger partial charge in [0.1, 0.15) is 5.75 Å². The van der Waals surface area contributed by atoms with Crippen molar-refractivity contribution in [2.24, 2.45) is 0 Å². The van der Waals surface area contributed by atoms with Gasteiger partial charge < -0.3 is 18.9 Å². The predicted molar refractivity (Wildman–Crippen MR) is 134 cm³/mol. The number of aromatic nitrogens is 2. The number of carbonyl (C=O) groups excluding carboxylic acids is 1. The predicted octanol–water partition coefficient (Wildman–Crippen LogP) is 5.29. The van der Waals surface area contributed by atoms with Crippen LogP contribution in [-0.2, 0) is 16.9 Å². The fourth-order valence-corrected chi connectivity index (χ4v) is 5.26. The molecule has 0 fully saturated rings. The van der Waals surface area contributed by atoms with E-state index in [-0.39, 0.29) is 5.97 Å². The summed E-state index contributed by atoms with van der Waals surface area (Å²) >= 11 is 0. The summed E-state index contributed by atoms with van der Waals surface area (Å²) in [6.45, 7) is 7.47. The van der Waals surface area contributed by atoms with Gasteiger partial charge in [0.25, 0.3) is 0 Å². The van der Waals surface area contributed by atoms with Gasteiger partial charge in [0.2, 0.25) is 0 Å². The maximum absolute atomic E-state index is 13.3. The zero-order valence-electron chi connectivity index (χ0n) is 20.3. The molecule has 6 heteroatoms. The molecule has 0 spiro atoms. The van der Waals surface area contributed by atoms with Crippen LogP contribution < -0.4 is 9.64 Å². The van der Waals surface area contributed by atoms with Gasteiger partial charge in [0.15, 0.2) is 5.60 Å². The van der Waals surface area contributed by atoms with E-state index in [1.165, 1.54) is 0 Å². The summed E-state index contributed by atoms with van der Waals surface area (Å²) in [4.78, 5) is 19.7. The van der Waals surface area contributed by atoms with Gasteiger partial charge in [-0.3, -0.25) is 4.98 Å². The molecule has 1 aliphatic rings. The van der Waals surface area contributed by atoms with Crippen molar-refractivity contribution in [3.63, 3.8) is 0 Å². The highest BCUT2D eigenvalue weighted by atomic mass is 16.6. The third-order valence-electron chi connectivity index (χ3n) is 6.73. The Labute approximate surface area is 199 Å². The number of ether oxygens (including phenoxy) is 2. The van der Waals surface area contributed by atoms with Crippen LogP contribution in [0, 0.1) is 6.92 Å². The number of aryl methyl sites for hydroxylation is 1. The van der Waals surface area contributed by atoms with Gasteiger partial charge in [0, 0.05) is 78.1 Å². The van der Waals surface area contributed by atoms with E-state index in [2.05, 4.69) is 35.5 Å². The molecule has 0 saturated carbocycles. The quantitative estimate of drug-likeness (QED) is 0.370. The van der Waals surface area contributed by atoms with Gasteiger partial charge in [-0.1, -0.05) is 18.2 Å². The Kier molecular flexibility index (Phi) is 5.31. The number of benzene rings is 2. The molecule has 2 aromatic heterocycles. The molecule has 0 bridgehead atoms. The van der Waals surface area contributed by atoms with Crippen molar-refractivity contribution in [2.45, 2.75) is 32.9 Å². The van der Waals surface area contributed by atoms with Crippen LogP contribution in [0.2, 0.25) is 0 Å². The second kappa shape index (κ2) is 8.20. The highest BCUT2D eigenvalue weighted by Crippen LogP contribution is 2.53. The Bertz CT molecular complexity index is 1410. The van der Waals surface area contributed by atoms with Gasteiger partial charge in [-0.15, -0.1) is 0 Å². The summed E-state index contributed by atoms with van der Waals surface area (Å²) in [5.41, 5.74) is 4.99. The lowest BCUT2D eigenvalue weighted by Gasteiger charge is -2.32. The van der Waals surface area contributed by atoms with Crippen LogP contribution in [0.1, 0.15) is 46.6 Å². The molecule has 174 valence electrons. The third kappa shape index (κ3) is 3.01. The molecule has 0 amide bonds. The molecule has 0 aliphatic carbocycles. The minimum Gasteiger partial charge on any atom is -0.493 e. The lowest BCUT2D eigenvalue weighted by molar-refractivity contribution is 0.0246. The van der Waals surface area contributed by atoms with Crippen molar-refractivity contribution in [2.75, 3.05) is 25.6 Å². The zero-order chi connectivity index (χ0) is 24.0. The number of fused-ring (bicyclic) bond motifs is 2. The number of cyclic esters (lactones) is 1. The van der Waals surface area contributed by atoms with Crippen molar-refractivity contribution in [1.82, 2.24) is 9.55 Å². The monoisotopic (exact) mass is 455 g/mol. The van der Waals surface area contributed by atoms with Crippen LogP contribution >= 0.6 is 0 Å². The van der Waals surface area contributed by atoms with E-state index in [1.807, 2.05) is 56.3 Å². The third-order valence-corrected chi connectivity index (χ3v) is 6.73. The summed E-state index contributed by atoms with van der Waals surface area (Å²) in [5, 5.41) is 1.05. The van der Waals surface area contributed by atoms with Crippen LogP contribution in [0.25, 0.3) is 10.9 Å². The summed E-state index contributed by atoms with van der Waals surface area (Å²) < 4.78 is 14.9. The lowest BCUT2D eigenvalue weighted by Crippen LogP contribution is -2.31. The highest BCUT2D eigenvalue weighted by molar-refractivity contribution is 5.98. The van der Waals surface area contributed by atoms with Crippen molar-refractivity contribution < 1.29 is 14.3 Å². The van der Waals surface area contributed by atoms with Gasteiger partial charge in [-0.25, -0.2) is 4.79 Å². The van der Waals surface area contributed by atoms with Crippen molar-refractivity contribution >= 4 is 22.6 Å². The molecule has 6 nitrogen and oxygen atoms in total. The number of para-hydroxylation sites is 1. The lowest BCUT2D eigenvalue weighted by atomic mass is 9.78. The normalized spacial score (nSPS) is 17.0. The number of rotatable bonds is 6. The number of hydrogen-bond donors (Lipinski definition) is 0. The number of carbonyl (C=O) groups is 1. The van der Waals surface area contributed by atoms with Gasteiger partial charge in [0.05, 0.1) is 12.2 Å². The molecule has 0 radical (unpaired) electrons. The summed E-state index contributed by atoms with van der Waals surface area (Å²) in [6.07, 6.45) is 3.39. The molecular weight excluding hydrogens is 426 g/mol. The van der Waals surface area contributed by atoms with E-state index in [9.17, 15) is 4.79 Å². The molecular formula is C28H29N3O3. The summed E-state index contributed by atoms with van der Waals surface area (Å²) in [5.74, 6) is 0.329. The number of hydrogen-bond acceptors (Lipinski definition) is 5. The van der Waals surface area contributed by atoms with Crippen molar-refractivity contribution in [1.29, 1.82) is 0 Å². The van der Waals surface area contributed by atoms with E-state index < -0.39 is 5.60 Å². The maximum Gasteiger partial charge on any atom is 0.340 e. The Hall–Kier alpha value is -3.80. The molecule has 1 aliphatic heterocycles. The second-order valence-electron chi connectivity index (χ2n) is 8.72. The molecule has 2 aromatic carbocycles. The fraction of sp³-hybridized carbons (Fsp3) is 0.286. The molecule has 34 heavy (non-hydrogen) atoms. The molecule has 0 saturated heterocycles. The minimum atomic E-state index is -1.18. The van der Waals surface area contributed by atoms with E-state index in [0.29, 0.717) is 17.9 Å². The average molecular weight is 456 g/mol. The highest BCUT2D eigenvalue weighted by Gasteiger charge is 2.52. The fourth-order valence-electron chi connectivity index (χ4n) is 5.26. The standard InChI is InChI=1S/C28H29N3O3/c1-6-31-18(3)26(21-10-8-9-11-24(21)31)28(23-17-29-15-14-20(23)27(32)34-28)22-13-12-19(30(4)5)16-25(22)33-7-2/h8-17H,6-7H2,1-5H3. The summed E-state index contributed by atoms with van der Waals surface area (Å²) in [6, 6.07) is 16.1. The second-order valence-corrected chi connectivity index (χ2v) is 8.72. The first-order valence-electron chi connectivity index (χ1n) is 11.6. The molecule has 1 unspecified atom stereocenters. The Morgan fingerprint density at radius 1 is 1.09 bits per heavy atom. The maximum atomic E-state index is 13.3. The summed E-state index contributed by atoms with van der Waals surface area (Å²) in [7, 11) is 3.99. The molecule has 3 heterocycles. The van der Waals surface area contributed by atoms with E-state index in [1.54, 1.807) is 18.5 Å². The van der Waals surface area contributed by atoms with Gasteiger partial charge in [-0.05, 0) is 45.0 Å². The molecule has 4 aromatic rings. The average Bonchev–Trinajstić information content (AvgIpc) is 3.30.